The average Bonchev–Trinajstić information content (AvgIpc) is 2.87. The van der Waals surface area contributed by atoms with Crippen LogP contribution in [0.4, 0.5) is 0 Å². The summed E-state index contributed by atoms with van der Waals surface area (Å²) in [6, 6.07) is 14.9. The minimum atomic E-state index is -0.279. The number of rotatable bonds is 3. The summed E-state index contributed by atoms with van der Waals surface area (Å²) in [5.41, 5.74) is 6.65. The molecule has 2 aromatic carbocycles. The van der Waals surface area contributed by atoms with Crippen molar-refractivity contribution in [1.82, 2.24) is 0 Å². The van der Waals surface area contributed by atoms with Gasteiger partial charge in [0.1, 0.15) is 0 Å². The first-order valence-corrected chi connectivity index (χ1v) is 7.48. The van der Waals surface area contributed by atoms with Crippen molar-refractivity contribution in [3.63, 3.8) is 0 Å². The van der Waals surface area contributed by atoms with Crippen LogP contribution in [0.3, 0.4) is 0 Å². The van der Waals surface area contributed by atoms with E-state index in [1.54, 1.807) is 0 Å². The number of aliphatic hydroxyl groups is 1. The highest BCUT2D eigenvalue weighted by Crippen LogP contribution is 2.36. The van der Waals surface area contributed by atoms with Gasteiger partial charge in [-0.05, 0) is 60.9 Å². The second-order valence-corrected chi connectivity index (χ2v) is 5.99. The molecule has 2 atom stereocenters. The van der Waals surface area contributed by atoms with Crippen molar-refractivity contribution in [3.05, 3.63) is 70.3 Å². The van der Waals surface area contributed by atoms with Gasteiger partial charge in [0.2, 0.25) is 0 Å². The van der Waals surface area contributed by atoms with Crippen LogP contribution in [0.1, 0.15) is 40.2 Å². The second-order valence-electron chi connectivity index (χ2n) is 5.99. The molecule has 0 fully saturated rings. The Morgan fingerprint density at radius 1 is 1.05 bits per heavy atom. The lowest BCUT2D eigenvalue weighted by Crippen LogP contribution is -2.20. The van der Waals surface area contributed by atoms with Crippen LogP contribution in [0.2, 0.25) is 0 Å². The molecule has 0 saturated carbocycles. The fourth-order valence-corrected chi connectivity index (χ4v) is 3.51. The number of aryl methyl sites for hydroxylation is 3. The summed E-state index contributed by atoms with van der Waals surface area (Å²) < 4.78 is 0. The van der Waals surface area contributed by atoms with Crippen molar-refractivity contribution >= 4 is 0 Å². The summed E-state index contributed by atoms with van der Waals surface area (Å²) in [5.74, 6) is 0.296. The molecular weight excluding hydrogens is 244 g/mol. The summed E-state index contributed by atoms with van der Waals surface area (Å²) >= 11 is 0. The second kappa shape index (κ2) is 5.41. The van der Waals surface area contributed by atoms with Crippen LogP contribution in [-0.4, -0.2) is 11.2 Å². The zero-order valence-electron chi connectivity index (χ0n) is 12.3. The fourth-order valence-electron chi connectivity index (χ4n) is 3.51. The van der Waals surface area contributed by atoms with Crippen LogP contribution < -0.4 is 0 Å². The Morgan fingerprint density at radius 2 is 1.75 bits per heavy atom. The van der Waals surface area contributed by atoms with Crippen molar-refractivity contribution in [1.29, 1.82) is 0 Å². The minimum absolute atomic E-state index is 0.279. The Labute approximate surface area is 121 Å². The first-order chi connectivity index (χ1) is 9.66. The molecule has 0 aromatic heterocycles. The van der Waals surface area contributed by atoms with Gasteiger partial charge in [0.05, 0.1) is 6.10 Å². The Balaban J connectivity index is 1.83. The van der Waals surface area contributed by atoms with Crippen LogP contribution in [0, 0.1) is 13.8 Å². The van der Waals surface area contributed by atoms with Crippen molar-refractivity contribution in [2.75, 3.05) is 0 Å². The van der Waals surface area contributed by atoms with Crippen LogP contribution in [-0.2, 0) is 12.8 Å². The van der Waals surface area contributed by atoms with Gasteiger partial charge in [0.15, 0.2) is 0 Å². The lowest BCUT2D eigenvalue weighted by molar-refractivity contribution is 0.142. The van der Waals surface area contributed by atoms with Gasteiger partial charge < -0.3 is 5.11 Å². The Bertz CT molecular complexity index is 595. The third-order valence-electron chi connectivity index (χ3n) is 4.70. The molecule has 0 bridgehead atoms. The molecule has 2 aromatic rings. The van der Waals surface area contributed by atoms with E-state index in [2.05, 4.69) is 56.3 Å². The molecule has 104 valence electrons. The summed E-state index contributed by atoms with van der Waals surface area (Å²) in [6.07, 6.45) is 2.66. The van der Waals surface area contributed by atoms with Gasteiger partial charge in [-0.3, -0.25) is 0 Å². The van der Waals surface area contributed by atoms with Crippen LogP contribution in [0.15, 0.2) is 42.5 Å². The fraction of sp³-hybridized carbons (Fsp3) is 0.368. The summed E-state index contributed by atoms with van der Waals surface area (Å²) in [4.78, 5) is 0. The van der Waals surface area contributed by atoms with E-state index in [1.807, 2.05) is 0 Å². The van der Waals surface area contributed by atoms with Gasteiger partial charge in [-0.1, -0.05) is 42.5 Å². The number of benzene rings is 2. The molecular formula is C19H22O. The molecule has 0 amide bonds. The lowest BCUT2D eigenvalue weighted by atomic mass is 9.88. The maximum atomic E-state index is 10.7. The number of aliphatic hydroxyl groups excluding tert-OH is 1. The zero-order valence-corrected chi connectivity index (χ0v) is 12.3. The number of fused-ring (bicyclic) bond motifs is 1. The van der Waals surface area contributed by atoms with E-state index in [0.29, 0.717) is 5.92 Å². The normalized spacial score (nSPS) is 18.9. The highest BCUT2D eigenvalue weighted by atomic mass is 16.3. The quantitative estimate of drug-likeness (QED) is 0.892. The summed E-state index contributed by atoms with van der Waals surface area (Å²) in [7, 11) is 0. The first-order valence-electron chi connectivity index (χ1n) is 7.48. The predicted octanol–water partition coefficient (Wildman–Crippen LogP) is 3.94. The third-order valence-corrected chi connectivity index (χ3v) is 4.70. The topological polar surface area (TPSA) is 20.2 Å². The molecule has 2 unspecified atom stereocenters. The van der Waals surface area contributed by atoms with E-state index in [0.717, 1.165) is 19.3 Å². The van der Waals surface area contributed by atoms with Crippen LogP contribution in [0.25, 0.3) is 0 Å². The number of hydrogen-bond acceptors (Lipinski definition) is 1. The highest BCUT2D eigenvalue weighted by molar-refractivity contribution is 5.38. The third kappa shape index (κ3) is 2.38. The number of hydrogen-bond donors (Lipinski definition) is 1. The maximum Gasteiger partial charge on any atom is 0.0649 e. The van der Waals surface area contributed by atoms with Crippen LogP contribution >= 0.6 is 0 Å². The van der Waals surface area contributed by atoms with Gasteiger partial charge in [-0.2, -0.15) is 0 Å². The first kappa shape index (κ1) is 13.4. The molecule has 0 spiro atoms. The molecule has 0 saturated heterocycles. The van der Waals surface area contributed by atoms with E-state index in [9.17, 15) is 5.11 Å². The largest absolute Gasteiger partial charge is 0.392 e. The Morgan fingerprint density at radius 3 is 2.50 bits per heavy atom. The van der Waals surface area contributed by atoms with Crippen molar-refractivity contribution in [2.24, 2.45) is 0 Å². The van der Waals surface area contributed by atoms with E-state index in [-0.39, 0.29) is 6.10 Å². The molecule has 1 nitrogen and oxygen atoms in total. The Kier molecular flexibility index (Phi) is 3.62. The molecule has 1 aliphatic rings. The minimum Gasteiger partial charge on any atom is -0.392 e. The standard InChI is InChI=1S/C19H22O/c1-13-6-5-7-14(2)18(13)12-19(20)17-11-10-15-8-3-4-9-16(15)17/h3-9,17,19-20H,10-12H2,1-2H3. The van der Waals surface area contributed by atoms with Gasteiger partial charge in [-0.25, -0.2) is 0 Å². The molecule has 3 rings (SSSR count). The Hall–Kier alpha value is -1.60. The van der Waals surface area contributed by atoms with Gasteiger partial charge in [0.25, 0.3) is 0 Å². The van der Waals surface area contributed by atoms with E-state index < -0.39 is 0 Å². The predicted molar refractivity (Wildman–Crippen MR) is 83.1 cm³/mol. The zero-order chi connectivity index (χ0) is 14.1. The molecule has 0 aliphatic heterocycles. The molecule has 20 heavy (non-hydrogen) atoms. The van der Waals surface area contributed by atoms with Gasteiger partial charge >= 0.3 is 0 Å². The molecule has 0 heterocycles. The molecule has 1 N–H and O–H groups in total. The highest BCUT2D eigenvalue weighted by Gasteiger charge is 2.28. The lowest BCUT2D eigenvalue weighted by Gasteiger charge is -2.21. The summed E-state index contributed by atoms with van der Waals surface area (Å²) in [6.45, 7) is 4.27. The molecule has 1 aliphatic carbocycles. The van der Waals surface area contributed by atoms with Crippen molar-refractivity contribution in [3.8, 4) is 0 Å². The average molecular weight is 266 g/mol. The van der Waals surface area contributed by atoms with E-state index >= 15 is 0 Å². The summed E-state index contributed by atoms with van der Waals surface area (Å²) in [5, 5.41) is 10.7. The SMILES string of the molecule is Cc1cccc(C)c1CC(O)C1CCc2ccccc21. The van der Waals surface area contributed by atoms with Gasteiger partial charge in [-0.15, -0.1) is 0 Å². The van der Waals surface area contributed by atoms with E-state index in [4.69, 9.17) is 0 Å². The van der Waals surface area contributed by atoms with E-state index in [1.165, 1.54) is 27.8 Å². The molecule has 1 heteroatoms. The van der Waals surface area contributed by atoms with Crippen LogP contribution in [0.5, 0.6) is 0 Å². The maximum absolute atomic E-state index is 10.7. The molecule has 0 radical (unpaired) electrons. The van der Waals surface area contributed by atoms with Gasteiger partial charge in [0, 0.05) is 5.92 Å². The monoisotopic (exact) mass is 266 g/mol. The van der Waals surface area contributed by atoms with Crippen molar-refractivity contribution < 1.29 is 5.11 Å². The van der Waals surface area contributed by atoms with Crippen molar-refractivity contribution in [2.45, 2.75) is 45.1 Å². The smallest absolute Gasteiger partial charge is 0.0649 e.